The van der Waals surface area contributed by atoms with Crippen LogP contribution in [0.25, 0.3) is 11.1 Å². The van der Waals surface area contributed by atoms with Gasteiger partial charge in [0.05, 0.1) is 7.11 Å². The minimum absolute atomic E-state index is 0.568. The van der Waals surface area contributed by atoms with Gasteiger partial charge in [0.15, 0.2) is 0 Å². The zero-order valence-electron chi connectivity index (χ0n) is 8.58. The predicted octanol–water partition coefficient (Wildman–Crippen LogP) is 4.17. The number of hydrogen-bond donors (Lipinski definition) is 0. The summed E-state index contributed by atoms with van der Waals surface area (Å²) in [5, 5.41) is 0.705. The summed E-state index contributed by atoms with van der Waals surface area (Å²) in [6.07, 6.45) is 1.71. The van der Waals surface area contributed by atoms with Gasteiger partial charge in [0.1, 0.15) is 0 Å². The second-order valence-corrected chi connectivity index (χ2v) is 4.45. The normalized spacial score (nSPS) is 10.2. The molecule has 1 heterocycles. The molecule has 0 unspecified atom stereocenters. The van der Waals surface area contributed by atoms with Crippen molar-refractivity contribution in [3.63, 3.8) is 0 Å². The second-order valence-electron chi connectivity index (χ2n) is 3.19. The number of pyridine rings is 1. The molecule has 0 saturated heterocycles. The summed E-state index contributed by atoms with van der Waals surface area (Å²) >= 11 is 9.60. The summed E-state index contributed by atoms with van der Waals surface area (Å²) in [6, 6.07) is 9.52. The van der Waals surface area contributed by atoms with Gasteiger partial charge in [0.2, 0.25) is 5.88 Å². The van der Waals surface area contributed by atoms with Crippen LogP contribution in [0, 0.1) is 0 Å². The molecule has 0 saturated carbocycles. The van der Waals surface area contributed by atoms with E-state index < -0.39 is 0 Å². The monoisotopic (exact) mass is 297 g/mol. The maximum Gasteiger partial charge on any atom is 0.213 e. The lowest BCUT2D eigenvalue weighted by atomic mass is 10.1. The molecule has 0 fully saturated rings. The molecule has 0 aliphatic heterocycles. The Labute approximate surface area is 107 Å². The van der Waals surface area contributed by atoms with E-state index in [2.05, 4.69) is 20.9 Å². The van der Waals surface area contributed by atoms with Crippen LogP contribution in [0.5, 0.6) is 5.88 Å². The van der Waals surface area contributed by atoms with Crippen LogP contribution in [0.3, 0.4) is 0 Å². The van der Waals surface area contributed by atoms with E-state index in [4.69, 9.17) is 16.3 Å². The molecular weight excluding hydrogens is 289 g/mol. The van der Waals surface area contributed by atoms with Gasteiger partial charge in [-0.15, -0.1) is 0 Å². The molecule has 0 spiro atoms. The van der Waals surface area contributed by atoms with Gasteiger partial charge in [-0.1, -0.05) is 29.8 Å². The van der Waals surface area contributed by atoms with Crippen LogP contribution in [0.15, 0.2) is 41.0 Å². The van der Waals surface area contributed by atoms with Crippen molar-refractivity contribution in [2.75, 3.05) is 7.11 Å². The first-order chi connectivity index (χ1) is 7.72. The summed E-state index contributed by atoms with van der Waals surface area (Å²) in [5.41, 5.74) is 1.93. The van der Waals surface area contributed by atoms with E-state index in [0.717, 1.165) is 15.6 Å². The summed E-state index contributed by atoms with van der Waals surface area (Å²) in [5.74, 6) is 0.568. The molecule has 1 aromatic heterocycles. The highest BCUT2D eigenvalue weighted by Gasteiger charge is 2.08. The molecule has 2 rings (SSSR count). The van der Waals surface area contributed by atoms with Crippen molar-refractivity contribution >= 4 is 27.5 Å². The van der Waals surface area contributed by atoms with Crippen LogP contribution in [0.4, 0.5) is 0 Å². The Hall–Kier alpha value is -1.06. The fourth-order valence-electron chi connectivity index (χ4n) is 1.42. The molecule has 0 atom stereocenters. The van der Waals surface area contributed by atoms with E-state index in [9.17, 15) is 0 Å². The molecule has 0 amide bonds. The molecule has 0 N–H and O–H groups in total. The number of methoxy groups -OCH3 is 1. The zero-order chi connectivity index (χ0) is 11.5. The van der Waals surface area contributed by atoms with Gasteiger partial charge in [-0.05, 0) is 22.0 Å². The van der Waals surface area contributed by atoms with Crippen LogP contribution in [0.1, 0.15) is 0 Å². The number of rotatable bonds is 2. The highest BCUT2D eigenvalue weighted by molar-refractivity contribution is 9.10. The van der Waals surface area contributed by atoms with Crippen molar-refractivity contribution < 1.29 is 4.74 Å². The van der Waals surface area contributed by atoms with Crippen LogP contribution in [0.2, 0.25) is 5.02 Å². The lowest BCUT2D eigenvalue weighted by Crippen LogP contribution is -1.89. The van der Waals surface area contributed by atoms with Gasteiger partial charge in [-0.3, -0.25) is 0 Å². The number of benzene rings is 1. The van der Waals surface area contributed by atoms with E-state index >= 15 is 0 Å². The number of ether oxygens (including phenoxy) is 1. The molecular formula is C12H9BrClNO. The Bertz CT molecular complexity index is 516. The Morgan fingerprint density at radius 2 is 2.00 bits per heavy atom. The number of hydrogen-bond acceptors (Lipinski definition) is 2. The lowest BCUT2D eigenvalue weighted by Gasteiger charge is -2.08. The first-order valence-corrected chi connectivity index (χ1v) is 5.84. The predicted molar refractivity (Wildman–Crippen MR) is 68.9 cm³/mol. The summed E-state index contributed by atoms with van der Waals surface area (Å²) in [7, 11) is 1.59. The van der Waals surface area contributed by atoms with E-state index in [0.29, 0.717) is 10.9 Å². The third kappa shape index (κ3) is 2.20. The van der Waals surface area contributed by atoms with E-state index in [-0.39, 0.29) is 0 Å². The van der Waals surface area contributed by atoms with E-state index in [1.165, 1.54) is 0 Å². The SMILES string of the molecule is COc1cc(-c2ccccc2Cl)c(Br)cn1. The first kappa shape index (κ1) is 11.4. The van der Waals surface area contributed by atoms with Crippen molar-refractivity contribution in [2.45, 2.75) is 0 Å². The average molecular weight is 299 g/mol. The minimum Gasteiger partial charge on any atom is -0.481 e. The summed E-state index contributed by atoms with van der Waals surface area (Å²) in [6.45, 7) is 0. The molecule has 0 radical (unpaired) electrons. The Morgan fingerprint density at radius 1 is 1.25 bits per heavy atom. The fourth-order valence-corrected chi connectivity index (χ4v) is 2.09. The Kier molecular flexibility index (Phi) is 3.46. The number of aromatic nitrogens is 1. The molecule has 0 bridgehead atoms. The van der Waals surface area contributed by atoms with Gasteiger partial charge in [-0.2, -0.15) is 0 Å². The lowest BCUT2D eigenvalue weighted by molar-refractivity contribution is 0.398. The smallest absolute Gasteiger partial charge is 0.213 e. The Morgan fingerprint density at radius 3 is 2.69 bits per heavy atom. The molecule has 0 aliphatic carbocycles. The van der Waals surface area contributed by atoms with Gasteiger partial charge in [0.25, 0.3) is 0 Å². The topological polar surface area (TPSA) is 22.1 Å². The van der Waals surface area contributed by atoms with Crippen molar-refractivity contribution in [1.29, 1.82) is 0 Å². The molecule has 82 valence electrons. The van der Waals surface area contributed by atoms with Gasteiger partial charge in [-0.25, -0.2) is 4.98 Å². The Balaban J connectivity index is 2.59. The number of halogens is 2. The zero-order valence-corrected chi connectivity index (χ0v) is 10.9. The molecule has 2 aromatic rings. The summed E-state index contributed by atoms with van der Waals surface area (Å²) < 4.78 is 5.99. The van der Waals surface area contributed by atoms with Crippen LogP contribution in [-0.4, -0.2) is 12.1 Å². The maximum atomic E-state index is 6.14. The molecule has 1 aromatic carbocycles. The van der Waals surface area contributed by atoms with E-state index in [1.54, 1.807) is 13.3 Å². The highest BCUT2D eigenvalue weighted by Crippen LogP contribution is 2.34. The standard InChI is InChI=1S/C12H9BrClNO/c1-16-12-6-9(10(13)7-15-12)8-4-2-3-5-11(8)14/h2-7H,1H3. The summed E-state index contributed by atoms with van der Waals surface area (Å²) in [4.78, 5) is 4.10. The number of nitrogens with zero attached hydrogens (tertiary/aromatic N) is 1. The highest BCUT2D eigenvalue weighted by atomic mass is 79.9. The van der Waals surface area contributed by atoms with Crippen molar-refractivity contribution in [1.82, 2.24) is 4.98 Å². The minimum atomic E-state index is 0.568. The molecule has 4 heteroatoms. The van der Waals surface area contributed by atoms with E-state index in [1.807, 2.05) is 30.3 Å². The van der Waals surface area contributed by atoms with Crippen molar-refractivity contribution in [3.05, 3.63) is 46.0 Å². The largest absolute Gasteiger partial charge is 0.481 e. The van der Waals surface area contributed by atoms with Gasteiger partial charge in [0, 0.05) is 32.9 Å². The van der Waals surface area contributed by atoms with Crippen LogP contribution in [-0.2, 0) is 0 Å². The van der Waals surface area contributed by atoms with Gasteiger partial charge < -0.3 is 4.74 Å². The second kappa shape index (κ2) is 4.85. The van der Waals surface area contributed by atoms with Crippen LogP contribution < -0.4 is 4.74 Å². The molecule has 16 heavy (non-hydrogen) atoms. The van der Waals surface area contributed by atoms with Gasteiger partial charge >= 0.3 is 0 Å². The van der Waals surface area contributed by atoms with Crippen molar-refractivity contribution in [2.24, 2.45) is 0 Å². The third-order valence-corrected chi connectivity index (χ3v) is 3.16. The van der Waals surface area contributed by atoms with Crippen molar-refractivity contribution in [3.8, 4) is 17.0 Å². The first-order valence-electron chi connectivity index (χ1n) is 4.67. The third-order valence-electron chi connectivity index (χ3n) is 2.20. The quantitative estimate of drug-likeness (QED) is 0.830. The average Bonchev–Trinajstić information content (AvgIpc) is 2.31. The van der Waals surface area contributed by atoms with Crippen LogP contribution >= 0.6 is 27.5 Å². The maximum absolute atomic E-state index is 6.14. The fraction of sp³-hybridized carbons (Fsp3) is 0.0833. The molecule has 0 aliphatic rings. The molecule has 2 nitrogen and oxygen atoms in total.